The lowest BCUT2D eigenvalue weighted by atomic mass is 10.0. The second kappa shape index (κ2) is 7.89. The zero-order chi connectivity index (χ0) is 17.8. The Bertz CT molecular complexity index is 644. The number of ether oxygens (including phenoxy) is 1. The number of amides is 1. The van der Waals surface area contributed by atoms with Crippen LogP contribution >= 0.6 is 0 Å². The molecule has 2 aliphatic rings. The highest BCUT2D eigenvalue weighted by Gasteiger charge is 2.25. The molecule has 0 aromatic heterocycles. The van der Waals surface area contributed by atoms with Gasteiger partial charge in [-0.25, -0.2) is 0 Å². The minimum atomic E-state index is -0.0730. The van der Waals surface area contributed by atoms with Crippen molar-refractivity contribution < 1.29 is 14.3 Å². The number of aryl methyl sites for hydroxylation is 1. The number of anilines is 2. The van der Waals surface area contributed by atoms with E-state index in [0.717, 1.165) is 62.0 Å². The first kappa shape index (κ1) is 17.8. The molecule has 5 nitrogen and oxygen atoms in total. The Morgan fingerprint density at radius 1 is 1.20 bits per heavy atom. The van der Waals surface area contributed by atoms with E-state index in [1.165, 1.54) is 7.11 Å². The van der Waals surface area contributed by atoms with E-state index in [0.29, 0.717) is 12.5 Å². The second-order valence-corrected chi connectivity index (χ2v) is 7.22. The Hall–Kier alpha value is -2.04. The lowest BCUT2D eigenvalue weighted by Crippen LogP contribution is -2.24. The molecule has 1 saturated heterocycles. The van der Waals surface area contributed by atoms with Crippen molar-refractivity contribution in [3.63, 3.8) is 0 Å². The topological polar surface area (TPSA) is 58.6 Å². The first-order valence-corrected chi connectivity index (χ1v) is 9.34. The van der Waals surface area contributed by atoms with E-state index in [4.69, 9.17) is 4.74 Å². The Morgan fingerprint density at radius 2 is 2.04 bits per heavy atom. The van der Waals surface area contributed by atoms with Gasteiger partial charge in [0.2, 0.25) is 5.91 Å². The summed E-state index contributed by atoms with van der Waals surface area (Å²) in [6, 6.07) is 6.63. The van der Waals surface area contributed by atoms with Crippen molar-refractivity contribution in [2.24, 2.45) is 5.92 Å². The molecule has 1 aromatic carbocycles. The molecule has 1 amide bonds. The van der Waals surface area contributed by atoms with Gasteiger partial charge in [0.15, 0.2) is 0 Å². The molecular weight excluding hydrogens is 316 g/mol. The summed E-state index contributed by atoms with van der Waals surface area (Å²) in [5.74, 6) is 0.194. The first-order chi connectivity index (χ1) is 12.1. The smallest absolute Gasteiger partial charge is 0.308 e. The van der Waals surface area contributed by atoms with Crippen molar-refractivity contribution in [2.45, 2.75) is 57.9 Å². The number of nitrogens with zero attached hydrogens (tertiary/aromatic N) is 1. The van der Waals surface area contributed by atoms with E-state index in [2.05, 4.69) is 30.4 Å². The number of hydrogen-bond donors (Lipinski definition) is 1. The standard InChI is InChI=1S/C20H28N2O3/c1-14-13-17(10-11-18(14)22-12-4-7-19(22)23)21-16-6-3-5-15(8-9-16)20(24)25-2/h10-11,13,15-16,21H,3-9,12H2,1-2H3. The molecule has 1 aliphatic carbocycles. The molecule has 2 atom stereocenters. The van der Waals surface area contributed by atoms with Crippen molar-refractivity contribution in [2.75, 3.05) is 23.9 Å². The third-order valence-electron chi connectivity index (χ3n) is 5.44. The number of benzene rings is 1. The monoisotopic (exact) mass is 344 g/mol. The molecule has 5 heteroatoms. The van der Waals surface area contributed by atoms with Gasteiger partial charge in [-0.05, 0) is 62.8 Å². The zero-order valence-electron chi connectivity index (χ0n) is 15.2. The SMILES string of the molecule is COC(=O)C1CCCC(Nc2ccc(N3CCCC3=O)c(C)c2)CC1. The van der Waals surface area contributed by atoms with Crippen LogP contribution in [0.5, 0.6) is 0 Å². The van der Waals surface area contributed by atoms with Crippen molar-refractivity contribution >= 4 is 23.3 Å². The van der Waals surface area contributed by atoms with E-state index >= 15 is 0 Å². The summed E-state index contributed by atoms with van der Waals surface area (Å²) in [5, 5.41) is 3.61. The Kier molecular flexibility index (Phi) is 5.61. The molecule has 1 heterocycles. The molecule has 2 unspecified atom stereocenters. The van der Waals surface area contributed by atoms with Crippen molar-refractivity contribution in [1.82, 2.24) is 0 Å². The number of carbonyl (C=O) groups is 2. The number of esters is 1. The van der Waals surface area contributed by atoms with Gasteiger partial charge in [0.25, 0.3) is 0 Å². The van der Waals surface area contributed by atoms with Gasteiger partial charge in [-0.3, -0.25) is 9.59 Å². The average molecular weight is 344 g/mol. The third-order valence-corrected chi connectivity index (χ3v) is 5.44. The first-order valence-electron chi connectivity index (χ1n) is 9.34. The number of carbonyl (C=O) groups excluding carboxylic acids is 2. The van der Waals surface area contributed by atoms with Crippen LogP contribution in [0.25, 0.3) is 0 Å². The van der Waals surface area contributed by atoms with Crippen LogP contribution in [0.1, 0.15) is 50.5 Å². The number of methoxy groups -OCH3 is 1. The maximum absolute atomic E-state index is 12.0. The zero-order valence-corrected chi connectivity index (χ0v) is 15.2. The van der Waals surface area contributed by atoms with Crippen LogP contribution in [0, 0.1) is 12.8 Å². The van der Waals surface area contributed by atoms with Gasteiger partial charge in [0.1, 0.15) is 0 Å². The van der Waals surface area contributed by atoms with E-state index in [9.17, 15) is 9.59 Å². The van der Waals surface area contributed by atoms with Gasteiger partial charge in [-0.2, -0.15) is 0 Å². The number of hydrogen-bond acceptors (Lipinski definition) is 4. The van der Waals surface area contributed by atoms with Gasteiger partial charge in [0.05, 0.1) is 13.0 Å². The van der Waals surface area contributed by atoms with E-state index in [-0.39, 0.29) is 17.8 Å². The summed E-state index contributed by atoms with van der Waals surface area (Å²) in [4.78, 5) is 25.6. The molecule has 25 heavy (non-hydrogen) atoms. The second-order valence-electron chi connectivity index (χ2n) is 7.22. The van der Waals surface area contributed by atoms with Crippen LogP contribution in [-0.2, 0) is 14.3 Å². The molecule has 1 aromatic rings. The van der Waals surface area contributed by atoms with Crippen LogP contribution in [0.3, 0.4) is 0 Å². The number of nitrogens with one attached hydrogen (secondary N) is 1. The minimum absolute atomic E-state index is 0.0436. The van der Waals surface area contributed by atoms with Gasteiger partial charge in [-0.1, -0.05) is 6.42 Å². The summed E-state index contributed by atoms with van der Waals surface area (Å²) >= 11 is 0. The van der Waals surface area contributed by atoms with Crippen molar-refractivity contribution in [1.29, 1.82) is 0 Å². The Balaban J connectivity index is 1.62. The molecule has 136 valence electrons. The highest BCUT2D eigenvalue weighted by atomic mass is 16.5. The highest BCUT2D eigenvalue weighted by molar-refractivity contribution is 5.96. The van der Waals surface area contributed by atoms with Gasteiger partial charge < -0.3 is 15.0 Å². The maximum atomic E-state index is 12.0. The molecule has 0 radical (unpaired) electrons. The van der Waals surface area contributed by atoms with Crippen molar-refractivity contribution in [3.8, 4) is 0 Å². The quantitative estimate of drug-likeness (QED) is 0.669. The summed E-state index contributed by atoms with van der Waals surface area (Å²) in [5.41, 5.74) is 3.25. The van der Waals surface area contributed by atoms with Gasteiger partial charge >= 0.3 is 5.97 Å². The van der Waals surface area contributed by atoms with Crippen LogP contribution in [0.15, 0.2) is 18.2 Å². The van der Waals surface area contributed by atoms with Crippen LogP contribution in [0.2, 0.25) is 0 Å². The lowest BCUT2D eigenvalue weighted by molar-refractivity contribution is -0.145. The maximum Gasteiger partial charge on any atom is 0.308 e. The molecule has 2 fully saturated rings. The van der Waals surface area contributed by atoms with Gasteiger partial charge in [-0.15, -0.1) is 0 Å². The third kappa shape index (κ3) is 4.14. The summed E-state index contributed by atoms with van der Waals surface area (Å²) in [7, 11) is 1.47. The fourth-order valence-electron chi connectivity index (χ4n) is 4.04. The fourth-order valence-corrected chi connectivity index (χ4v) is 4.04. The molecule has 1 saturated carbocycles. The molecular formula is C20H28N2O3. The van der Waals surface area contributed by atoms with Crippen LogP contribution in [0.4, 0.5) is 11.4 Å². The number of rotatable bonds is 4. The fraction of sp³-hybridized carbons (Fsp3) is 0.600. The van der Waals surface area contributed by atoms with Crippen LogP contribution in [-0.4, -0.2) is 31.6 Å². The molecule has 1 N–H and O–H groups in total. The highest BCUT2D eigenvalue weighted by Crippen LogP contribution is 2.30. The summed E-state index contributed by atoms with van der Waals surface area (Å²) in [6.45, 7) is 2.89. The largest absolute Gasteiger partial charge is 0.469 e. The molecule has 0 spiro atoms. The predicted octanol–water partition coefficient (Wildman–Crippen LogP) is 3.66. The Labute approximate surface area is 149 Å². The lowest BCUT2D eigenvalue weighted by Gasteiger charge is -2.22. The normalized spacial score (nSPS) is 24.1. The summed E-state index contributed by atoms with van der Waals surface area (Å²) in [6.07, 6.45) is 6.48. The van der Waals surface area contributed by atoms with Crippen LogP contribution < -0.4 is 10.2 Å². The van der Waals surface area contributed by atoms with Crippen molar-refractivity contribution in [3.05, 3.63) is 23.8 Å². The predicted molar refractivity (Wildman–Crippen MR) is 98.8 cm³/mol. The van der Waals surface area contributed by atoms with Gasteiger partial charge in [0, 0.05) is 30.4 Å². The molecule has 3 rings (SSSR count). The van der Waals surface area contributed by atoms with E-state index < -0.39 is 0 Å². The van der Waals surface area contributed by atoms with E-state index in [1.807, 2.05) is 4.90 Å². The van der Waals surface area contributed by atoms with E-state index in [1.54, 1.807) is 0 Å². The molecule has 0 bridgehead atoms. The minimum Gasteiger partial charge on any atom is -0.469 e. The summed E-state index contributed by atoms with van der Waals surface area (Å²) < 4.78 is 4.89. The Morgan fingerprint density at radius 3 is 2.72 bits per heavy atom. The average Bonchev–Trinajstić information content (AvgIpc) is 2.89. The molecule has 1 aliphatic heterocycles.